The summed E-state index contributed by atoms with van der Waals surface area (Å²) in [5.41, 5.74) is 3.01. The van der Waals surface area contributed by atoms with Crippen molar-refractivity contribution in [1.82, 2.24) is 9.97 Å². The molecule has 1 aromatic carbocycles. The van der Waals surface area contributed by atoms with Crippen molar-refractivity contribution in [2.45, 2.75) is 0 Å². The molecule has 0 aliphatic carbocycles. The lowest BCUT2D eigenvalue weighted by Gasteiger charge is -2.02. The quantitative estimate of drug-likeness (QED) is 0.473. The number of nitrogens with zero attached hydrogens (tertiary/aromatic N) is 2. The lowest BCUT2D eigenvalue weighted by Crippen LogP contribution is -1.89. The molecule has 0 atom stereocenters. The Morgan fingerprint density at radius 2 is 1.86 bits per heavy atom. The molecule has 0 spiro atoms. The van der Waals surface area contributed by atoms with E-state index in [-0.39, 0.29) is 0 Å². The highest BCUT2D eigenvalue weighted by Crippen LogP contribution is 2.37. The first-order chi connectivity index (χ1) is 10.3. The molecule has 0 unspecified atom stereocenters. The molecule has 3 nitrogen and oxygen atoms in total. The average molecular weight is 313 g/mol. The molecule has 0 aliphatic rings. The van der Waals surface area contributed by atoms with Crippen molar-refractivity contribution in [3.63, 3.8) is 0 Å². The highest BCUT2D eigenvalue weighted by Gasteiger charge is 2.15. The Morgan fingerprint density at radius 1 is 1.00 bits per heavy atom. The van der Waals surface area contributed by atoms with Crippen molar-refractivity contribution in [3.8, 4) is 22.5 Å². The first-order valence-electron chi connectivity index (χ1n) is 6.35. The highest BCUT2D eigenvalue weighted by molar-refractivity contribution is 7.17. The molecular formula is C16H9ClN2OS. The zero-order valence-corrected chi connectivity index (χ0v) is 12.4. The van der Waals surface area contributed by atoms with E-state index in [1.165, 1.54) is 0 Å². The molecule has 0 fully saturated rings. The van der Waals surface area contributed by atoms with Gasteiger partial charge in [0.1, 0.15) is 16.2 Å². The maximum absolute atomic E-state index is 6.40. The van der Waals surface area contributed by atoms with Crippen molar-refractivity contribution in [1.29, 1.82) is 0 Å². The molecule has 0 saturated heterocycles. The van der Waals surface area contributed by atoms with Crippen molar-refractivity contribution in [2.24, 2.45) is 0 Å². The van der Waals surface area contributed by atoms with Gasteiger partial charge >= 0.3 is 0 Å². The van der Waals surface area contributed by atoms with Crippen LogP contribution in [0.15, 0.2) is 58.7 Å². The van der Waals surface area contributed by atoms with Gasteiger partial charge < -0.3 is 4.42 Å². The predicted octanol–water partition coefficient (Wildman–Crippen LogP) is 5.27. The van der Waals surface area contributed by atoms with Crippen LogP contribution in [-0.4, -0.2) is 9.97 Å². The second-order valence-corrected chi connectivity index (χ2v) is 5.76. The fourth-order valence-corrected chi connectivity index (χ4v) is 3.52. The summed E-state index contributed by atoms with van der Waals surface area (Å²) in [6.45, 7) is 0. The van der Waals surface area contributed by atoms with Gasteiger partial charge in [-0.05, 0) is 11.6 Å². The van der Waals surface area contributed by atoms with Gasteiger partial charge in [0.25, 0.3) is 0 Å². The molecule has 3 heterocycles. The van der Waals surface area contributed by atoms with Crippen molar-refractivity contribution >= 4 is 33.2 Å². The fraction of sp³-hybridized carbons (Fsp3) is 0. The van der Waals surface area contributed by atoms with Crippen LogP contribution in [0.4, 0.5) is 0 Å². The van der Waals surface area contributed by atoms with E-state index in [4.69, 9.17) is 16.0 Å². The van der Waals surface area contributed by atoms with E-state index in [0.717, 1.165) is 26.9 Å². The second kappa shape index (κ2) is 4.98. The molecule has 0 saturated carbocycles. The molecule has 4 rings (SSSR count). The summed E-state index contributed by atoms with van der Waals surface area (Å²) < 4.78 is 5.08. The van der Waals surface area contributed by atoms with Gasteiger partial charge in [-0.15, -0.1) is 11.3 Å². The van der Waals surface area contributed by atoms with Gasteiger partial charge in [0.15, 0.2) is 5.82 Å². The molecular weight excluding hydrogens is 304 g/mol. The number of benzene rings is 1. The minimum Gasteiger partial charge on any atom is -0.472 e. The molecule has 0 bridgehead atoms. The number of aromatic nitrogens is 2. The molecule has 0 aliphatic heterocycles. The Hall–Kier alpha value is -2.17. The van der Waals surface area contributed by atoms with Crippen LogP contribution >= 0.6 is 22.9 Å². The Bertz CT molecular complexity index is 901. The Kier molecular flexibility index (Phi) is 2.98. The first-order valence-corrected chi connectivity index (χ1v) is 7.61. The smallest absolute Gasteiger partial charge is 0.165 e. The van der Waals surface area contributed by atoms with Crippen LogP contribution in [0.5, 0.6) is 0 Å². The molecule has 3 aromatic heterocycles. The third kappa shape index (κ3) is 2.13. The van der Waals surface area contributed by atoms with Gasteiger partial charge in [0.2, 0.25) is 0 Å². The van der Waals surface area contributed by atoms with E-state index in [1.807, 2.05) is 24.3 Å². The van der Waals surface area contributed by atoms with Crippen LogP contribution < -0.4 is 0 Å². The zero-order chi connectivity index (χ0) is 14.2. The SMILES string of the molecule is Clc1nc(-c2ccoc2)nc2scc(-c3ccccc3)c12. The van der Waals surface area contributed by atoms with E-state index < -0.39 is 0 Å². The number of hydrogen-bond acceptors (Lipinski definition) is 4. The van der Waals surface area contributed by atoms with Crippen LogP contribution in [0, 0.1) is 0 Å². The Labute approximate surface area is 129 Å². The summed E-state index contributed by atoms with van der Waals surface area (Å²) in [5, 5.41) is 3.44. The summed E-state index contributed by atoms with van der Waals surface area (Å²) in [4.78, 5) is 9.87. The standard InChI is InChI=1S/C16H9ClN2OS/c17-14-13-12(10-4-2-1-3-5-10)9-21-16(13)19-15(18-14)11-6-7-20-8-11/h1-9H. The number of rotatable bonds is 2. The Morgan fingerprint density at radius 3 is 2.62 bits per heavy atom. The highest BCUT2D eigenvalue weighted by atomic mass is 35.5. The minimum absolute atomic E-state index is 0.469. The molecule has 0 amide bonds. The predicted molar refractivity (Wildman–Crippen MR) is 85.6 cm³/mol. The number of thiophene rings is 1. The van der Waals surface area contributed by atoms with Gasteiger partial charge in [-0.25, -0.2) is 9.97 Å². The number of furan rings is 1. The third-order valence-electron chi connectivity index (χ3n) is 3.25. The van der Waals surface area contributed by atoms with Gasteiger partial charge in [-0.1, -0.05) is 41.9 Å². The van der Waals surface area contributed by atoms with Crippen molar-refractivity contribution in [2.75, 3.05) is 0 Å². The summed E-state index contributed by atoms with van der Waals surface area (Å²) in [6.07, 6.45) is 3.21. The van der Waals surface area contributed by atoms with Crippen molar-refractivity contribution in [3.05, 3.63) is 59.5 Å². The Balaban J connectivity index is 1.94. The van der Waals surface area contributed by atoms with E-state index in [2.05, 4.69) is 27.5 Å². The summed E-state index contributed by atoms with van der Waals surface area (Å²) in [7, 11) is 0. The number of halogens is 1. The lowest BCUT2D eigenvalue weighted by atomic mass is 10.1. The molecule has 0 N–H and O–H groups in total. The van der Waals surface area contributed by atoms with Gasteiger partial charge in [0.05, 0.1) is 17.2 Å². The van der Waals surface area contributed by atoms with Crippen LogP contribution in [0.2, 0.25) is 5.15 Å². The van der Waals surface area contributed by atoms with Gasteiger partial charge in [-0.2, -0.15) is 0 Å². The zero-order valence-electron chi connectivity index (χ0n) is 10.8. The van der Waals surface area contributed by atoms with E-state index in [9.17, 15) is 0 Å². The largest absolute Gasteiger partial charge is 0.472 e. The van der Waals surface area contributed by atoms with Crippen LogP contribution in [0.1, 0.15) is 0 Å². The molecule has 21 heavy (non-hydrogen) atoms. The minimum atomic E-state index is 0.469. The fourth-order valence-electron chi connectivity index (χ4n) is 2.25. The monoisotopic (exact) mass is 312 g/mol. The molecule has 0 radical (unpaired) electrons. The molecule has 5 heteroatoms. The van der Waals surface area contributed by atoms with E-state index >= 15 is 0 Å². The lowest BCUT2D eigenvalue weighted by molar-refractivity contribution is 0.568. The summed E-state index contributed by atoms with van der Waals surface area (Å²) in [5.74, 6) is 0.586. The van der Waals surface area contributed by atoms with Crippen LogP contribution in [0.25, 0.3) is 32.7 Å². The first kappa shape index (κ1) is 12.6. The topological polar surface area (TPSA) is 38.9 Å². The molecule has 4 aromatic rings. The van der Waals surface area contributed by atoms with Crippen molar-refractivity contribution < 1.29 is 4.42 Å². The number of fused-ring (bicyclic) bond motifs is 1. The van der Waals surface area contributed by atoms with Gasteiger partial charge in [-0.3, -0.25) is 0 Å². The third-order valence-corrected chi connectivity index (χ3v) is 4.40. The maximum atomic E-state index is 6.40. The van der Waals surface area contributed by atoms with Gasteiger partial charge in [0, 0.05) is 10.9 Å². The molecule has 102 valence electrons. The van der Waals surface area contributed by atoms with Crippen LogP contribution in [-0.2, 0) is 0 Å². The number of hydrogen-bond donors (Lipinski definition) is 0. The second-order valence-electron chi connectivity index (χ2n) is 4.55. The summed E-state index contributed by atoms with van der Waals surface area (Å²) >= 11 is 7.97. The average Bonchev–Trinajstić information content (AvgIpc) is 3.17. The van der Waals surface area contributed by atoms with E-state index in [0.29, 0.717) is 11.0 Å². The maximum Gasteiger partial charge on any atom is 0.165 e. The summed E-state index contributed by atoms with van der Waals surface area (Å²) in [6, 6.07) is 11.9. The van der Waals surface area contributed by atoms with Crippen LogP contribution in [0.3, 0.4) is 0 Å². The van der Waals surface area contributed by atoms with E-state index in [1.54, 1.807) is 23.9 Å². The normalized spacial score (nSPS) is 11.1.